The average Bonchev–Trinajstić information content (AvgIpc) is 2.10. The Hall–Kier alpha value is -0.240. The van der Waals surface area contributed by atoms with E-state index in [1.807, 2.05) is 18.2 Å². The molecule has 0 aliphatic carbocycles. The van der Waals surface area contributed by atoms with Gasteiger partial charge in [0.2, 0.25) is 0 Å². The Morgan fingerprint density at radius 3 is 2.27 bits per heavy atom. The number of nitrogens with two attached hydrogens (primary N) is 1. The summed E-state index contributed by atoms with van der Waals surface area (Å²) in [7, 11) is 0. The molecular weight excluding hydrogens is 229 g/mol. The van der Waals surface area contributed by atoms with Crippen LogP contribution in [0.25, 0.3) is 0 Å². The van der Waals surface area contributed by atoms with Gasteiger partial charge in [-0.3, -0.25) is 0 Å². The summed E-state index contributed by atoms with van der Waals surface area (Å²) in [5.74, 6) is 0. The molecule has 1 atom stereocenters. The first kappa shape index (κ1) is 12.8. The number of halogens is 2. The van der Waals surface area contributed by atoms with E-state index in [9.17, 15) is 0 Å². The summed E-state index contributed by atoms with van der Waals surface area (Å²) in [6.45, 7) is 6.40. The minimum absolute atomic E-state index is 0.103. The highest BCUT2D eigenvalue weighted by Crippen LogP contribution is 2.25. The van der Waals surface area contributed by atoms with Crippen molar-refractivity contribution in [3.8, 4) is 0 Å². The molecule has 15 heavy (non-hydrogen) atoms. The highest BCUT2D eigenvalue weighted by atomic mass is 35.5. The Balaban J connectivity index is 2.78. The van der Waals surface area contributed by atoms with E-state index in [4.69, 9.17) is 28.9 Å². The third-order valence-corrected chi connectivity index (χ3v) is 3.29. The predicted molar refractivity (Wildman–Crippen MR) is 67.6 cm³/mol. The van der Waals surface area contributed by atoms with Gasteiger partial charge in [-0.2, -0.15) is 0 Å². The van der Waals surface area contributed by atoms with Crippen LogP contribution in [0.15, 0.2) is 18.2 Å². The molecule has 0 saturated heterocycles. The van der Waals surface area contributed by atoms with Gasteiger partial charge in [0.25, 0.3) is 0 Å². The van der Waals surface area contributed by atoms with E-state index >= 15 is 0 Å². The normalized spacial score (nSPS) is 14.0. The quantitative estimate of drug-likeness (QED) is 0.841. The monoisotopic (exact) mass is 245 g/mol. The van der Waals surface area contributed by atoms with Crippen molar-refractivity contribution >= 4 is 23.2 Å². The second kappa shape index (κ2) is 4.73. The minimum Gasteiger partial charge on any atom is -0.327 e. The SMILES string of the molecule is CC(C)(C)C(N)Cc1ccc(Cl)c(Cl)c1. The molecule has 1 rings (SSSR count). The molecule has 0 fully saturated rings. The molecule has 3 heteroatoms. The standard InChI is InChI=1S/C12H17Cl2N/c1-12(2,3)11(15)7-8-4-5-9(13)10(14)6-8/h4-6,11H,7,15H2,1-3H3. The molecule has 1 unspecified atom stereocenters. The molecule has 84 valence electrons. The summed E-state index contributed by atoms with van der Waals surface area (Å²) in [5, 5.41) is 1.18. The van der Waals surface area contributed by atoms with E-state index in [0.29, 0.717) is 10.0 Å². The van der Waals surface area contributed by atoms with Crippen molar-refractivity contribution in [2.24, 2.45) is 11.1 Å². The summed E-state index contributed by atoms with van der Waals surface area (Å²) in [6, 6.07) is 5.79. The van der Waals surface area contributed by atoms with Crippen molar-refractivity contribution < 1.29 is 0 Å². The van der Waals surface area contributed by atoms with Crippen LogP contribution in [0.1, 0.15) is 26.3 Å². The van der Waals surface area contributed by atoms with E-state index in [2.05, 4.69) is 20.8 Å². The largest absolute Gasteiger partial charge is 0.327 e. The van der Waals surface area contributed by atoms with Crippen LogP contribution in [-0.4, -0.2) is 6.04 Å². The Labute approximate surface area is 102 Å². The predicted octanol–water partition coefficient (Wildman–Crippen LogP) is 3.91. The van der Waals surface area contributed by atoms with E-state index in [-0.39, 0.29) is 11.5 Å². The molecule has 0 heterocycles. The smallest absolute Gasteiger partial charge is 0.0595 e. The lowest BCUT2D eigenvalue weighted by atomic mass is 9.84. The molecule has 0 amide bonds. The fraction of sp³-hybridized carbons (Fsp3) is 0.500. The van der Waals surface area contributed by atoms with E-state index < -0.39 is 0 Å². The Kier molecular flexibility index (Phi) is 4.05. The minimum atomic E-state index is 0.103. The fourth-order valence-electron chi connectivity index (χ4n) is 1.23. The number of hydrogen-bond acceptors (Lipinski definition) is 1. The topological polar surface area (TPSA) is 26.0 Å². The Morgan fingerprint density at radius 2 is 1.80 bits per heavy atom. The fourth-order valence-corrected chi connectivity index (χ4v) is 1.55. The van der Waals surface area contributed by atoms with Crippen LogP contribution in [0.3, 0.4) is 0 Å². The maximum absolute atomic E-state index is 6.09. The van der Waals surface area contributed by atoms with Gasteiger partial charge in [0, 0.05) is 6.04 Å². The number of hydrogen-bond donors (Lipinski definition) is 1. The molecule has 0 radical (unpaired) electrons. The van der Waals surface area contributed by atoms with Gasteiger partial charge in [-0.05, 0) is 29.5 Å². The third kappa shape index (κ3) is 3.67. The van der Waals surface area contributed by atoms with Gasteiger partial charge in [-0.1, -0.05) is 50.0 Å². The second-order valence-corrected chi connectivity index (χ2v) is 5.74. The van der Waals surface area contributed by atoms with Gasteiger partial charge in [-0.15, -0.1) is 0 Å². The highest BCUT2D eigenvalue weighted by Gasteiger charge is 2.20. The van der Waals surface area contributed by atoms with Crippen LogP contribution >= 0.6 is 23.2 Å². The summed E-state index contributed by atoms with van der Waals surface area (Å²) in [6.07, 6.45) is 0.820. The maximum atomic E-state index is 6.09. The molecule has 2 N–H and O–H groups in total. The Morgan fingerprint density at radius 1 is 1.20 bits per heavy atom. The van der Waals surface area contributed by atoms with Gasteiger partial charge >= 0.3 is 0 Å². The van der Waals surface area contributed by atoms with Crippen LogP contribution in [0.2, 0.25) is 10.0 Å². The highest BCUT2D eigenvalue weighted by molar-refractivity contribution is 6.42. The van der Waals surface area contributed by atoms with Gasteiger partial charge in [0.15, 0.2) is 0 Å². The maximum Gasteiger partial charge on any atom is 0.0595 e. The first-order valence-electron chi connectivity index (χ1n) is 5.00. The van der Waals surface area contributed by atoms with Crippen molar-refractivity contribution in [1.29, 1.82) is 0 Å². The zero-order chi connectivity index (χ0) is 11.6. The number of benzene rings is 1. The molecule has 1 nitrogen and oxygen atoms in total. The summed E-state index contributed by atoms with van der Waals surface area (Å²) >= 11 is 11.8. The number of rotatable bonds is 2. The van der Waals surface area contributed by atoms with Crippen LogP contribution in [-0.2, 0) is 6.42 Å². The second-order valence-electron chi connectivity index (χ2n) is 4.93. The van der Waals surface area contributed by atoms with Crippen LogP contribution in [0.4, 0.5) is 0 Å². The molecule has 1 aromatic rings. The first-order chi connectivity index (χ1) is 6.80. The van der Waals surface area contributed by atoms with E-state index in [0.717, 1.165) is 12.0 Å². The van der Waals surface area contributed by atoms with Crippen molar-refractivity contribution in [3.05, 3.63) is 33.8 Å². The molecule has 1 aromatic carbocycles. The van der Waals surface area contributed by atoms with Crippen molar-refractivity contribution in [3.63, 3.8) is 0 Å². The lowest BCUT2D eigenvalue weighted by Crippen LogP contribution is -2.36. The molecule has 0 aliphatic heterocycles. The lowest BCUT2D eigenvalue weighted by molar-refractivity contribution is 0.318. The zero-order valence-electron chi connectivity index (χ0n) is 9.35. The zero-order valence-corrected chi connectivity index (χ0v) is 10.9. The molecule has 0 aromatic heterocycles. The summed E-state index contributed by atoms with van der Waals surface area (Å²) in [5.41, 5.74) is 7.33. The lowest BCUT2D eigenvalue weighted by Gasteiger charge is -2.27. The van der Waals surface area contributed by atoms with Gasteiger partial charge in [-0.25, -0.2) is 0 Å². The first-order valence-corrected chi connectivity index (χ1v) is 5.76. The average molecular weight is 246 g/mol. The van der Waals surface area contributed by atoms with Crippen LogP contribution in [0, 0.1) is 5.41 Å². The van der Waals surface area contributed by atoms with Gasteiger partial charge in [0.05, 0.1) is 10.0 Å². The molecule has 0 aliphatic rings. The third-order valence-electron chi connectivity index (χ3n) is 2.55. The molecular formula is C12H17Cl2N. The van der Waals surface area contributed by atoms with Crippen LogP contribution < -0.4 is 5.73 Å². The van der Waals surface area contributed by atoms with E-state index in [1.165, 1.54) is 0 Å². The molecule has 0 spiro atoms. The summed E-state index contributed by atoms with van der Waals surface area (Å²) in [4.78, 5) is 0. The van der Waals surface area contributed by atoms with Gasteiger partial charge < -0.3 is 5.73 Å². The van der Waals surface area contributed by atoms with Crippen molar-refractivity contribution in [2.45, 2.75) is 33.2 Å². The van der Waals surface area contributed by atoms with E-state index in [1.54, 1.807) is 0 Å². The van der Waals surface area contributed by atoms with Crippen molar-refractivity contribution in [1.82, 2.24) is 0 Å². The van der Waals surface area contributed by atoms with Crippen LogP contribution in [0.5, 0.6) is 0 Å². The summed E-state index contributed by atoms with van der Waals surface area (Å²) < 4.78 is 0. The van der Waals surface area contributed by atoms with Crippen molar-refractivity contribution in [2.75, 3.05) is 0 Å². The molecule has 0 bridgehead atoms. The molecule has 0 saturated carbocycles. The van der Waals surface area contributed by atoms with Gasteiger partial charge in [0.1, 0.15) is 0 Å². The Bertz CT molecular complexity index is 342.